The van der Waals surface area contributed by atoms with Crippen LogP contribution in [0, 0.1) is 17.4 Å². The number of rotatable bonds is 1. The fourth-order valence-electron chi connectivity index (χ4n) is 1.27. The smallest absolute Gasteiger partial charge is 0.161 e. The molecule has 0 N–H and O–H groups in total. The molecule has 0 unspecified atom stereocenters. The van der Waals surface area contributed by atoms with E-state index in [1.807, 2.05) is 29.9 Å². The van der Waals surface area contributed by atoms with Crippen molar-refractivity contribution in [2.75, 3.05) is 24.7 Å². The Morgan fingerprint density at radius 2 is 1.75 bits per heavy atom. The summed E-state index contributed by atoms with van der Waals surface area (Å²) in [5.41, 5.74) is 0. The van der Waals surface area contributed by atoms with Crippen molar-refractivity contribution >= 4 is 23.5 Å². The van der Waals surface area contributed by atoms with Crippen molar-refractivity contribution < 1.29 is 9.47 Å². The number of ether oxygens (including phenoxy) is 2. The van der Waals surface area contributed by atoms with E-state index in [1.54, 1.807) is 0 Å². The van der Waals surface area contributed by atoms with Crippen LogP contribution in [0.25, 0.3) is 0 Å². The van der Waals surface area contributed by atoms with Crippen LogP contribution in [0.5, 0.6) is 0 Å². The molecular formula is C8H12O2S2. The second-order valence-electron chi connectivity index (χ2n) is 2.85. The average molecular weight is 204 g/mol. The van der Waals surface area contributed by atoms with Gasteiger partial charge in [0, 0.05) is 23.8 Å². The Labute approximate surface area is 81.8 Å². The molecule has 0 aliphatic carbocycles. The Kier molecular flexibility index (Phi) is 3.63. The van der Waals surface area contributed by atoms with E-state index < -0.39 is 0 Å². The van der Waals surface area contributed by atoms with Gasteiger partial charge < -0.3 is 9.47 Å². The zero-order valence-corrected chi connectivity index (χ0v) is 8.40. The summed E-state index contributed by atoms with van der Waals surface area (Å²) in [7, 11) is 0. The van der Waals surface area contributed by atoms with Crippen molar-refractivity contribution in [1.29, 1.82) is 0 Å². The standard InChI is InChI=1S/C8H12O2S2/c1-2-9-8(10-3-1)7-4-11-6-12-5-7/h1,6-8H,2-5H2. The van der Waals surface area contributed by atoms with Crippen LogP contribution >= 0.6 is 23.5 Å². The number of thioether (sulfide) groups is 2. The zero-order chi connectivity index (χ0) is 8.23. The van der Waals surface area contributed by atoms with Crippen LogP contribution in [0.2, 0.25) is 0 Å². The third kappa shape index (κ3) is 2.31. The van der Waals surface area contributed by atoms with Crippen LogP contribution in [-0.2, 0) is 9.47 Å². The van der Waals surface area contributed by atoms with Crippen LogP contribution in [0.1, 0.15) is 0 Å². The third-order valence-electron chi connectivity index (χ3n) is 1.90. The van der Waals surface area contributed by atoms with Gasteiger partial charge in [0.05, 0.1) is 18.3 Å². The second-order valence-corrected chi connectivity index (χ2v) is 4.95. The first-order valence-corrected chi connectivity index (χ1v) is 6.16. The van der Waals surface area contributed by atoms with E-state index in [-0.39, 0.29) is 6.29 Å². The van der Waals surface area contributed by atoms with E-state index in [9.17, 15) is 0 Å². The molecule has 0 saturated carbocycles. The summed E-state index contributed by atoms with van der Waals surface area (Å²) in [6, 6.07) is 0. The maximum atomic E-state index is 5.50. The SMILES string of the molecule is [CH]1COC(C2CS[CH]SC2)OC1. The molecule has 2 rings (SSSR count). The minimum absolute atomic E-state index is 0.0451. The van der Waals surface area contributed by atoms with E-state index in [1.165, 1.54) is 0 Å². The van der Waals surface area contributed by atoms with Gasteiger partial charge in [-0.3, -0.25) is 0 Å². The Bertz CT molecular complexity index is 115. The highest BCUT2D eigenvalue weighted by atomic mass is 32.2. The molecule has 0 bridgehead atoms. The quantitative estimate of drug-likeness (QED) is 0.648. The van der Waals surface area contributed by atoms with Gasteiger partial charge in [0.1, 0.15) is 0 Å². The van der Waals surface area contributed by atoms with Gasteiger partial charge in [-0.25, -0.2) is 0 Å². The van der Waals surface area contributed by atoms with Crippen LogP contribution in [0.4, 0.5) is 0 Å². The highest BCUT2D eigenvalue weighted by Gasteiger charge is 2.27. The summed E-state index contributed by atoms with van der Waals surface area (Å²) in [5, 5.41) is 2.20. The lowest BCUT2D eigenvalue weighted by Crippen LogP contribution is -2.36. The Morgan fingerprint density at radius 3 is 2.42 bits per heavy atom. The van der Waals surface area contributed by atoms with E-state index in [0.717, 1.165) is 24.7 Å². The molecule has 4 heteroatoms. The van der Waals surface area contributed by atoms with Crippen LogP contribution in [0.15, 0.2) is 0 Å². The molecule has 2 aliphatic heterocycles. The fourth-order valence-corrected chi connectivity index (χ4v) is 3.48. The average Bonchev–Trinajstić information content (AvgIpc) is 2.21. The van der Waals surface area contributed by atoms with Crippen molar-refractivity contribution in [2.24, 2.45) is 5.92 Å². The summed E-state index contributed by atoms with van der Waals surface area (Å²) in [6.07, 6.45) is 2.06. The molecule has 2 heterocycles. The molecular weight excluding hydrogens is 192 g/mol. The van der Waals surface area contributed by atoms with Gasteiger partial charge >= 0.3 is 0 Å². The maximum absolute atomic E-state index is 5.50. The van der Waals surface area contributed by atoms with Crippen molar-refractivity contribution in [2.45, 2.75) is 6.29 Å². The lowest BCUT2D eigenvalue weighted by atomic mass is 10.2. The number of hydrogen-bond acceptors (Lipinski definition) is 4. The molecule has 2 aliphatic rings. The highest BCUT2D eigenvalue weighted by Crippen LogP contribution is 2.33. The molecule has 0 amide bonds. The van der Waals surface area contributed by atoms with Crippen molar-refractivity contribution in [3.05, 3.63) is 11.5 Å². The number of hydrogen-bond donors (Lipinski definition) is 0. The van der Waals surface area contributed by atoms with Gasteiger partial charge in [-0.1, -0.05) is 0 Å². The Balaban J connectivity index is 1.80. The minimum Gasteiger partial charge on any atom is -0.352 e. The van der Waals surface area contributed by atoms with Gasteiger partial charge in [0.2, 0.25) is 0 Å². The third-order valence-corrected chi connectivity index (χ3v) is 4.23. The first kappa shape index (κ1) is 9.19. The molecule has 68 valence electrons. The van der Waals surface area contributed by atoms with Crippen molar-refractivity contribution in [3.8, 4) is 0 Å². The van der Waals surface area contributed by atoms with Gasteiger partial charge in [-0.2, -0.15) is 0 Å². The lowest BCUT2D eigenvalue weighted by Gasteiger charge is -2.31. The molecule has 0 spiro atoms. The maximum Gasteiger partial charge on any atom is 0.161 e. The van der Waals surface area contributed by atoms with E-state index in [2.05, 4.69) is 5.08 Å². The Hall–Kier alpha value is 0.620. The molecule has 2 fully saturated rings. The summed E-state index contributed by atoms with van der Waals surface area (Å²) < 4.78 is 11.0. The second kappa shape index (κ2) is 4.74. The van der Waals surface area contributed by atoms with Gasteiger partial charge in [0.15, 0.2) is 6.29 Å². The summed E-state index contributed by atoms with van der Waals surface area (Å²) in [4.78, 5) is 0. The predicted octanol–water partition coefficient (Wildman–Crippen LogP) is 1.78. The molecule has 2 nitrogen and oxygen atoms in total. The van der Waals surface area contributed by atoms with Gasteiger partial charge in [-0.05, 0) is 0 Å². The molecule has 0 aromatic rings. The molecule has 2 radical (unpaired) electrons. The van der Waals surface area contributed by atoms with Crippen molar-refractivity contribution in [1.82, 2.24) is 0 Å². The van der Waals surface area contributed by atoms with Gasteiger partial charge in [-0.15, -0.1) is 23.5 Å². The van der Waals surface area contributed by atoms with Gasteiger partial charge in [0.25, 0.3) is 0 Å². The first-order valence-electron chi connectivity index (χ1n) is 4.06. The zero-order valence-electron chi connectivity index (χ0n) is 6.77. The van der Waals surface area contributed by atoms with E-state index in [4.69, 9.17) is 9.47 Å². The largest absolute Gasteiger partial charge is 0.352 e. The molecule has 2 saturated heterocycles. The Morgan fingerprint density at radius 1 is 1.08 bits per heavy atom. The summed E-state index contributed by atoms with van der Waals surface area (Å²) in [5.74, 6) is 2.84. The molecule has 0 aromatic heterocycles. The summed E-state index contributed by atoms with van der Waals surface area (Å²) in [6.45, 7) is 1.50. The molecule has 0 atom stereocenters. The van der Waals surface area contributed by atoms with Crippen LogP contribution in [0.3, 0.4) is 0 Å². The first-order chi connectivity index (χ1) is 5.97. The fraction of sp³-hybridized carbons (Fsp3) is 0.750. The summed E-state index contributed by atoms with van der Waals surface area (Å²) >= 11 is 3.73. The molecule has 0 aromatic carbocycles. The highest BCUT2D eigenvalue weighted by molar-refractivity contribution is 8.19. The van der Waals surface area contributed by atoms with Crippen LogP contribution in [-0.4, -0.2) is 31.0 Å². The normalized spacial score (nSPS) is 29.0. The molecule has 12 heavy (non-hydrogen) atoms. The topological polar surface area (TPSA) is 18.5 Å². The van der Waals surface area contributed by atoms with Crippen molar-refractivity contribution in [3.63, 3.8) is 0 Å². The van der Waals surface area contributed by atoms with Crippen LogP contribution < -0.4 is 0 Å². The van der Waals surface area contributed by atoms with E-state index >= 15 is 0 Å². The predicted molar refractivity (Wildman–Crippen MR) is 52.7 cm³/mol. The lowest BCUT2D eigenvalue weighted by molar-refractivity contribution is -0.179. The minimum atomic E-state index is 0.0451. The monoisotopic (exact) mass is 204 g/mol. The van der Waals surface area contributed by atoms with E-state index in [0.29, 0.717) is 5.92 Å².